The Morgan fingerprint density at radius 3 is 2.59 bits per heavy atom. The standard InChI is InChI=1S/C15H18FNO3S2/c1-11-7-8-15(21-11)14(20-2)9-17-22(18,19)10-12-5-3-4-6-13(12)16/h3-8,14,17H,9-10H2,1-2H3. The number of rotatable bonds is 7. The summed E-state index contributed by atoms with van der Waals surface area (Å²) in [6, 6.07) is 9.72. The van der Waals surface area contributed by atoms with Crippen LogP contribution in [0.25, 0.3) is 0 Å². The van der Waals surface area contributed by atoms with E-state index in [0.29, 0.717) is 0 Å². The van der Waals surface area contributed by atoms with Crippen molar-refractivity contribution in [3.63, 3.8) is 0 Å². The second-order valence-corrected chi connectivity index (χ2v) is 8.00. The van der Waals surface area contributed by atoms with Gasteiger partial charge in [-0.05, 0) is 25.1 Å². The first-order chi connectivity index (χ1) is 10.4. The maximum atomic E-state index is 13.5. The van der Waals surface area contributed by atoms with Gasteiger partial charge in [-0.1, -0.05) is 18.2 Å². The molecule has 1 N–H and O–H groups in total. The van der Waals surface area contributed by atoms with Gasteiger partial charge in [0, 0.05) is 29.0 Å². The highest BCUT2D eigenvalue weighted by molar-refractivity contribution is 7.88. The Morgan fingerprint density at radius 1 is 1.27 bits per heavy atom. The molecule has 4 nitrogen and oxygen atoms in total. The average molecular weight is 343 g/mol. The predicted octanol–water partition coefficient (Wildman–Crippen LogP) is 3.00. The SMILES string of the molecule is COC(CNS(=O)(=O)Cc1ccccc1F)c1ccc(C)s1. The molecule has 0 bridgehead atoms. The Balaban J connectivity index is 2.01. The first-order valence-electron chi connectivity index (χ1n) is 6.71. The van der Waals surface area contributed by atoms with Gasteiger partial charge in [-0.25, -0.2) is 17.5 Å². The molecule has 0 aliphatic rings. The van der Waals surface area contributed by atoms with Gasteiger partial charge in [0.1, 0.15) is 11.9 Å². The lowest BCUT2D eigenvalue weighted by Gasteiger charge is -2.15. The zero-order valence-corrected chi connectivity index (χ0v) is 14.0. The van der Waals surface area contributed by atoms with Crippen LogP contribution in [0.4, 0.5) is 4.39 Å². The molecule has 0 saturated heterocycles. The number of aryl methyl sites for hydroxylation is 1. The minimum Gasteiger partial charge on any atom is -0.375 e. The lowest BCUT2D eigenvalue weighted by atomic mass is 10.2. The molecule has 1 atom stereocenters. The number of halogens is 1. The molecule has 2 rings (SSSR count). The number of hydrogen-bond acceptors (Lipinski definition) is 4. The molecule has 1 heterocycles. The van der Waals surface area contributed by atoms with Gasteiger partial charge in [0.15, 0.2) is 0 Å². The molecule has 0 radical (unpaired) electrons. The number of nitrogens with one attached hydrogen (secondary N) is 1. The van der Waals surface area contributed by atoms with Crippen molar-refractivity contribution in [2.24, 2.45) is 0 Å². The summed E-state index contributed by atoms with van der Waals surface area (Å²) in [4.78, 5) is 2.08. The first kappa shape index (κ1) is 17.1. The van der Waals surface area contributed by atoms with E-state index in [2.05, 4.69) is 4.72 Å². The molecule has 22 heavy (non-hydrogen) atoms. The molecule has 120 valence electrons. The summed E-state index contributed by atoms with van der Waals surface area (Å²) in [5.41, 5.74) is 0.149. The van der Waals surface area contributed by atoms with Crippen LogP contribution in [0.2, 0.25) is 0 Å². The molecule has 1 aromatic heterocycles. The van der Waals surface area contributed by atoms with Crippen molar-refractivity contribution in [1.29, 1.82) is 0 Å². The highest BCUT2D eigenvalue weighted by Crippen LogP contribution is 2.24. The van der Waals surface area contributed by atoms with Crippen molar-refractivity contribution in [3.8, 4) is 0 Å². The summed E-state index contributed by atoms with van der Waals surface area (Å²) in [6.45, 7) is 2.09. The van der Waals surface area contributed by atoms with Crippen LogP contribution in [0.1, 0.15) is 21.4 Å². The summed E-state index contributed by atoms with van der Waals surface area (Å²) < 4.78 is 45.5. The number of benzene rings is 1. The van der Waals surface area contributed by atoms with Crippen molar-refractivity contribution in [2.75, 3.05) is 13.7 Å². The molecule has 0 fully saturated rings. The third-order valence-electron chi connectivity index (χ3n) is 3.16. The van der Waals surface area contributed by atoms with Crippen LogP contribution in [0.3, 0.4) is 0 Å². The number of hydrogen-bond donors (Lipinski definition) is 1. The van der Waals surface area contributed by atoms with E-state index in [1.807, 2.05) is 19.1 Å². The molecule has 1 unspecified atom stereocenters. The van der Waals surface area contributed by atoms with Crippen LogP contribution in [0.15, 0.2) is 36.4 Å². The van der Waals surface area contributed by atoms with E-state index < -0.39 is 15.8 Å². The van der Waals surface area contributed by atoms with Gasteiger partial charge in [-0.2, -0.15) is 0 Å². The molecule has 2 aromatic rings. The Labute approximate surface area is 134 Å². The largest absolute Gasteiger partial charge is 0.375 e. The Hall–Kier alpha value is -1.28. The maximum Gasteiger partial charge on any atom is 0.215 e. The van der Waals surface area contributed by atoms with E-state index in [4.69, 9.17) is 4.74 Å². The van der Waals surface area contributed by atoms with Crippen molar-refractivity contribution >= 4 is 21.4 Å². The zero-order chi connectivity index (χ0) is 16.2. The number of methoxy groups -OCH3 is 1. The van der Waals surface area contributed by atoms with Gasteiger partial charge >= 0.3 is 0 Å². The molecule has 7 heteroatoms. The second kappa shape index (κ2) is 7.32. The second-order valence-electron chi connectivity index (χ2n) is 4.87. The Kier molecular flexibility index (Phi) is 5.69. The average Bonchev–Trinajstić information content (AvgIpc) is 2.88. The minimum absolute atomic E-state index is 0.118. The van der Waals surface area contributed by atoms with Crippen molar-refractivity contribution in [2.45, 2.75) is 18.8 Å². The summed E-state index contributed by atoms with van der Waals surface area (Å²) in [7, 11) is -2.10. The summed E-state index contributed by atoms with van der Waals surface area (Å²) in [6.07, 6.45) is -0.353. The van der Waals surface area contributed by atoms with Crippen LogP contribution in [-0.2, 0) is 20.5 Å². The fraction of sp³-hybridized carbons (Fsp3) is 0.333. The van der Waals surface area contributed by atoms with Crippen LogP contribution >= 0.6 is 11.3 Å². The third-order valence-corrected chi connectivity index (χ3v) is 5.55. The zero-order valence-electron chi connectivity index (χ0n) is 12.4. The summed E-state index contributed by atoms with van der Waals surface area (Å²) in [5.74, 6) is -0.912. The molecule has 0 aliphatic carbocycles. The molecule has 0 amide bonds. The molecule has 1 aromatic carbocycles. The maximum absolute atomic E-state index is 13.5. The summed E-state index contributed by atoms with van der Waals surface area (Å²) >= 11 is 1.56. The van der Waals surface area contributed by atoms with Crippen molar-refractivity contribution in [1.82, 2.24) is 4.72 Å². The number of thiophene rings is 1. The highest BCUT2D eigenvalue weighted by atomic mass is 32.2. The lowest BCUT2D eigenvalue weighted by Crippen LogP contribution is -2.30. The topological polar surface area (TPSA) is 55.4 Å². The normalized spacial score (nSPS) is 13.2. The van der Waals surface area contributed by atoms with Gasteiger partial charge in [0.05, 0.1) is 5.75 Å². The van der Waals surface area contributed by atoms with E-state index in [9.17, 15) is 12.8 Å². The van der Waals surface area contributed by atoms with Crippen molar-refractivity contribution in [3.05, 3.63) is 57.5 Å². The Bertz CT molecular complexity index is 728. The van der Waals surface area contributed by atoms with Crippen LogP contribution < -0.4 is 4.72 Å². The number of sulfonamides is 1. The highest BCUT2D eigenvalue weighted by Gasteiger charge is 2.18. The van der Waals surface area contributed by atoms with E-state index in [0.717, 1.165) is 9.75 Å². The van der Waals surface area contributed by atoms with E-state index in [1.165, 1.54) is 25.3 Å². The van der Waals surface area contributed by atoms with E-state index in [-0.39, 0.29) is 24.0 Å². The summed E-state index contributed by atoms with van der Waals surface area (Å²) in [5, 5.41) is 0. The fourth-order valence-corrected chi connectivity index (χ4v) is 4.11. The monoisotopic (exact) mass is 343 g/mol. The fourth-order valence-electron chi connectivity index (χ4n) is 2.00. The molecule has 0 spiro atoms. The van der Waals surface area contributed by atoms with Gasteiger partial charge in [0.2, 0.25) is 10.0 Å². The van der Waals surface area contributed by atoms with Gasteiger partial charge in [0.25, 0.3) is 0 Å². The molecular weight excluding hydrogens is 325 g/mol. The molecular formula is C15H18FNO3S2. The van der Waals surface area contributed by atoms with E-state index >= 15 is 0 Å². The van der Waals surface area contributed by atoms with Crippen molar-refractivity contribution < 1.29 is 17.5 Å². The third kappa shape index (κ3) is 4.61. The smallest absolute Gasteiger partial charge is 0.215 e. The van der Waals surface area contributed by atoms with Crippen LogP contribution in [0, 0.1) is 12.7 Å². The Morgan fingerprint density at radius 2 is 2.00 bits per heavy atom. The molecule has 0 aliphatic heterocycles. The number of ether oxygens (including phenoxy) is 1. The van der Waals surface area contributed by atoms with Crippen LogP contribution in [0.5, 0.6) is 0 Å². The minimum atomic E-state index is -3.63. The molecule has 0 saturated carbocycles. The van der Waals surface area contributed by atoms with Gasteiger partial charge < -0.3 is 4.74 Å². The van der Waals surface area contributed by atoms with Gasteiger partial charge in [-0.3, -0.25) is 0 Å². The van der Waals surface area contributed by atoms with Gasteiger partial charge in [-0.15, -0.1) is 11.3 Å². The van der Waals surface area contributed by atoms with E-state index in [1.54, 1.807) is 17.4 Å². The predicted molar refractivity (Wildman–Crippen MR) is 85.8 cm³/mol. The lowest BCUT2D eigenvalue weighted by molar-refractivity contribution is 0.110. The quantitative estimate of drug-likeness (QED) is 0.841. The van der Waals surface area contributed by atoms with Crippen LogP contribution in [-0.4, -0.2) is 22.1 Å². The first-order valence-corrected chi connectivity index (χ1v) is 9.18.